The Hall–Kier alpha value is -0.520. The number of benzene rings is 1. The average molecular weight is 230 g/mol. The van der Waals surface area contributed by atoms with E-state index in [0.717, 1.165) is 5.56 Å². The molecule has 0 unspecified atom stereocenters. The Balaban J connectivity index is 3.27. The Morgan fingerprint density at radius 2 is 2.27 bits per heavy atom. The average Bonchev–Trinajstić information content (AvgIpc) is 2.04. The maximum Gasteiger partial charge on any atom is 0.0995 e. The predicted octanol–water partition coefficient (Wildman–Crippen LogP) is 3.11. The largest absolute Gasteiger partial charge is 0.192 e. The zero-order valence-electron chi connectivity index (χ0n) is 5.64. The molecule has 0 aliphatic rings. The van der Waals surface area contributed by atoms with Crippen molar-refractivity contribution >= 4 is 27.5 Å². The highest BCUT2D eigenvalue weighted by Gasteiger charge is 2.03. The maximum absolute atomic E-state index is 8.64. The minimum Gasteiger partial charge on any atom is -0.192 e. The quantitative estimate of drug-likeness (QED) is 0.680. The molecule has 0 aliphatic carbocycles. The lowest BCUT2D eigenvalue weighted by Gasteiger charge is -2.00. The van der Waals surface area contributed by atoms with E-state index in [-0.39, 0.29) is 0 Å². The molecular weight excluding hydrogens is 225 g/mol. The molecule has 1 nitrogen and oxygen atoms in total. The molecule has 0 spiro atoms. The third kappa shape index (κ3) is 1.74. The van der Waals surface area contributed by atoms with Crippen molar-refractivity contribution < 1.29 is 0 Å². The van der Waals surface area contributed by atoms with Gasteiger partial charge in [-0.25, -0.2) is 0 Å². The summed E-state index contributed by atoms with van der Waals surface area (Å²) >= 11 is 9.09. The zero-order chi connectivity index (χ0) is 8.27. The lowest BCUT2D eigenvalue weighted by atomic mass is 10.1. The van der Waals surface area contributed by atoms with Gasteiger partial charge in [0.25, 0.3) is 0 Å². The van der Waals surface area contributed by atoms with Crippen LogP contribution in [0.1, 0.15) is 11.1 Å². The van der Waals surface area contributed by atoms with Gasteiger partial charge in [-0.3, -0.25) is 0 Å². The van der Waals surface area contributed by atoms with Crippen LogP contribution in [0.5, 0.6) is 0 Å². The van der Waals surface area contributed by atoms with Crippen LogP contribution in [0.3, 0.4) is 0 Å². The Labute approximate surface area is 78.7 Å². The molecule has 0 saturated carbocycles. The van der Waals surface area contributed by atoms with Crippen LogP contribution in [-0.2, 0) is 5.33 Å². The minimum absolute atomic E-state index is 0.621. The van der Waals surface area contributed by atoms with Gasteiger partial charge in [-0.1, -0.05) is 33.6 Å². The first-order chi connectivity index (χ1) is 5.29. The van der Waals surface area contributed by atoms with Crippen molar-refractivity contribution in [2.24, 2.45) is 0 Å². The highest BCUT2D eigenvalue weighted by Crippen LogP contribution is 2.21. The van der Waals surface area contributed by atoms with E-state index in [9.17, 15) is 0 Å². The van der Waals surface area contributed by atoms with Crippen molar-refractivity contribution in [1.82, 2.24) is 0 Å². The normalized spacial score (nSPS) is 9.18. The fourth-order valence-corrected chi connectivity index (χ4v) is 1.81. The molecular formula is C8H5BrClN. The molecule has 1 aromatic rings. The molecule has 0 amide bonds. The highest BCUT2D eigenvalue weighted by atomic mass is 79.9. The summed E-state index contributed by atoms with van der Waals surface area (Å²) < 4.78 is 0. The van der Waals surface area contributed by atoms with E-state index < -0.39 is 0 Å². The summed E-state index contributed by atoms with van der Waals surface area (Å²) in [4.78, 5) is 0. The van der Waals surface area contributed by atoms with E-state index in [2.05, 4.69) is 22.0 Å². The summed E-state index contributed by atoms with van der Waals surface area (Å²) in [5, 5.41) is 9.90. The maximum atomic E-state index is 8.64. The van der Waals surface area contributed by atoms with Gasteiger partial charge >= 0.3 is 0 Å². The van der Waals surface area contributed by atoms with Crippen LogP contribution >= 0.6 is 27.5 Å². The zero-order valence-corrected chi connectivity index (χ0v) is 7.98. The first kappa shape index (κ1) is 8.58. The fraction of sp³-hybridized carbons (Fsp3) is 0.125. The van der Waals surface area contributed by atoms with Gasteiger partial charge in [-0.15, -0.1) is 0 Å². The van der Waals surface area contributed by atoms with Crippen molar-refractivity contribution in [3.63, 3.8) is 0 Å². The first-order valence-corrected chi connectivity index (χ1v) is 4.53. The van der Waals surface area contributed by atoms with Gasteiger partial charge in [-0.05, 0) is 17.7 Å². The van der Waals surface area contributed by atoms with Crippen molar-refractivity contribution in [3.05, 3.63) is 34.3 Å². The molecule has 1 aromatic carbocycles. The number of alkyl halides is 1. The standard InChI is InChI=1S/C8H5BrClN/c9-4-7-6(5-11)2-1-3-8(7)10/h1-3H,4H2. The Bertz CT molecular complexity index is 303. The van der Waals surface area contributed by atoms with Crippen molar-refractivity contribution in [2.45, 2.75) is 5.33 Å². The van der Waals surface area contributed by atoms with Gasteiger partial charge in [-0.2, -0.15) is 5.26 Å². The summed E-state index contributed by atoms with van der Waals surface area (Å²) in [6.45, 7) is 0. The third-order valence-corrected chi connectivity index (χ3v) is 2.29. The summed E-state index contributed by atoms with van der Waals surface area (Å²) in [5.41, 5.74) is 1.49. The van der Waals surface area contributed by atoms with Crippen LogP contribution in [0.25, 0.3) is 0 Å². The lowest BCUT2D eigenvalue weighted by Crippen LogP contribution is -1.85. The van der Waals surface area contributed by atoms with E-state index in [1.165, 1.54) is 0 Å². The second-order valence-electron chi connectivity index (χ2n) is 2.01. The van der Waals surface area contributed by atoms with Gasteiger partial charge < -0.3 is 0 Å². The number of halogens is 2. The molecule has 3 heteroatoms. The number of rotatable bonds is 1. The van der Waals surface area contributed by atoms with E-state index in [1.54, 1.807) is 18.2 Å². The highest BCUT2D eigenvalue weighted by molar-refractivity contribution is 9.08. The summed E-state index contributed by atoms with van der Waals surface area (Å²) in [5.74, 6) is 0. The Kier molecular flexibility index (Phi) is 2.92. The van der Waals surface area contributed by atoms with Gasteiger partial charge in [0.1, 0.15) is 0 Å². The third-order valence-electron chi connectivity index (χ3n) is 1.37. The number of hydrogen-bond acceptors (Lipinski definition) is 1. The van der Waals surface area contributed by atoms with E-state index >= 15 is 0 Å². The molecule has 0 radical (unpaired) electrons. The Morgan fingerprint density at radius 1 is 1.55 bits per heavy atom. The predicted molar refractivity (Wildman–Crippen MR) is 48.8 cm³/mol. The first-order valence-electron chi connectivity index (χ1n) is 3.03. The summed E-state index contributed by atoms with van der Waals surface area (Å²) in [7, 11) is 0. The van der Waals surface area contributed by atoms with Crippen LogP contribution in [0.4, 0.5) is 0 Å². The molecule has 0 aliphatic heterocycles. The van der Waals surface area contributed by atoms with Crippen molar-refractivity contribution in [2.75, 3.05) is 0 Å². The smallest absolute Gasteiger partial charge is 0.0995 e. The van der Waals surface area contributed by atoms with Gasteiger partial charge in [0.15, 0.2) is 0 Å². The second-order valence-corrected chi connectivity index (χ2v) is 2.98. The van der Waals surface area contributed by atoms with Gasteiger partial charge in [0.05, 0.1) is 11.6 Å². The Morgan fingerprint density at radius 3 is 2.73 bits per heavy atom. The topological polar surface area (TPSA) is 23.8 Å². The van der Waals surface area contributed by atoms with E-state index in [0.29, 0.717) is 15.9 Å². The molecule has 56 valence electrons. The van der Waals surface area contributed by atoms with Crippen molar-refractivity contribution in [1.29, 1.82) is 5.26 Å². The lowest BCUT2D eigenvalue weighted by molar-refractivity contribution is 1.37. The fourth-order valence-electron chi connectivity index (χ4n) is 0.799. The summed E-state index contributed by atoms with van der Waals surface area (Å²) in [6, 6.07) is 7.37. The van der Waals surface area contributed by atoms with Gasteiger partial charge in [0.2, 0.25) is 0 Å². The van der Waals surface area contributed by atoms with Crippen LogP contribution in [-0.4, -0.2) is 0 Å². The molecule has 0 fully saturated rings. The van der Waals surface area contributed by atoms with E-state index in [1.807, 2.05) is 0 Å². The molecule has 0 atom stereocenters. The molecule has 0 bridgehead atoms. The minimum atomic E-state index is 0.621. The summed E-state index contributed by atoms with van der Waals surface area (Å²) in [6.07, 6.45) is 0. The number of nitriles is 1. The molecule has 0 aromatic heterocycles. The molecule has 0 N–H and O–H groups in total. The van der Waals surface area contributed by atoms with Crippen LogP contribution in [0, 0.1) is 11.3 Å². The van der Waals surface area contributed by atoms with E-state index in [4.69, 9.17) is 16.9 Å². The van der Waals surface area contributed by atoms with Gasteiger partial charge in [0, 0.05) is 10.4 Å². The van der Waals surface area contributed by atoms with Crippen LogP contribution < -0.4 is 0 Å². The van der Waals surface area contributed by atoms with Crippen molar-refractivity contribution in [3.8, 4) is 6.07 Å². The second kappa shape index (κ2) is 3.75. The molecule has 0 heterocycles. The molecule has 0 saturated heterocycles. The number of nitrogens with zero attached hydrogens (tertiary/aromatic N) is 1. The number of hydrogen-bond donors (Lipinski definition) is 0. The molecule has 11 heavy (non-hydrogen) atoms. The SMILES string of the molecule is N#Cc1cccc(Cl)c1CBr. The monoisotopic (exact) mass is 229 g/mol. The van der Waals surface area contributed by atoms with Crippen LogP contribution in [0.2, 0.25) is 5.02 Å². The molecule has 1 rings (SSSR count). The van der Waals surface area contributed by atoms with Crippen LogP contribution in [0.15, 0.2) is 18.2 Å².